The molecular weight excluding hydrogens is 259 g/mol. The zero-order valence-electron chi connectivity index (χ0n) is 8.78. The predicted molar refractivity (Wildman–Crippen MR) is 71.8 cm³/mol. The van der Waals surface area contributed by atoms with Gasteiger partial charge in [-0.15, -0.1) is 0 Å². The fourth-order valence-electron chi connectivity index (χ4n) is 1.30. The molecule has 0 heterocycles. The molecule has 0 amide bonds. The molecule has 0 aliphatic rings. The number of rotatable bonds is 2. The van der Waals surface area contributed by atoms with Gasteiger partial charge in [0.1, 0.15) is 16.5 Å². The highest BCUT2D eigenvalue weighted by atomic mass is 35.5. The SMILES string of the molecule is Nc1ccc(Oc2ccc(Cl)cc2)c(Cl)c1N. The van der Waals surface area contributed by atoms with E-state index in [1.807, 2.05) is 0 Å². The molecule has 4 N–H and O–H groups in total. The van der Waals surface area contributed by atoms with E-state index in [4.69, 9.17) is 39.4 Å². The van der Waals surface area contributed by atoms with Gasteiger partial charge in [-0.05, 0) is 36.4 Å². The molecule has 2 aromatic carbocycles. The van der Waals surface area contributed by atoms with Crippen LogP contribution in [0, 0.1) is 0 Å². The van der Waals surface area contributed by atoms with Crippen LogP contribution in [0.5, 0.6) is 11.5 Å². The summed E-state index contributed by atoms with van der Waals surface area (Å²) in [6.45, 7) is 0. The van der Waals surface area contributed by atoms with Crippen LogP contribution in [0.3, 0.4) is 0 Å². The lowest BCUT2D eigenvalue weighted by molar-refractivity contribution is 0.483. The van der Waals surface area contributed by atoms with Crippen molar-refractivity contribution in [3.05, 3.63) is 46.4 Å². The van der Waals surface area contributed by atoms with Gasteiger partial charge in [-0.3, -0.25) is 0 Å². The Morgan fingerprint density at radius 3 is 2.18 bits per heavy atom. The number of hydrogen-bond donors (Lipinski definition) is 2. The van der Waals surface area contributed by atoms with Crippen LogP contribution < -0.4 is 16.2 Å². The lowest BCUT2D eigenvalue weighted by Crippen LogP contribution is -1.96. The van der Waals surface area contributed by atoms with Gasteiger partial charge in [-0.25, -0.2) is 0 Å². The lowest BCUT2D eigenvalue weighted by atomic mass is 10.2. The first-order valence-corrected chi connectivity index (χ1v) is 5.60. The summed E-state index contributed by atoms with van der Waals surface area (Å²) in [7, 11) is 0. The van der Waals surface area contributed by atoms with Crippen LogP contribution >= 0.6 is 23.2 Å². The van der Waals surface area contributed by atoms with E-state index < -0.39 is 0 Å². The fraction of sp³-hybridized carbons (Fsp3) is 0. The number of anilines is 2. The monoisotopic (exact) mass is 268 g/mol. The number of hydrogen-bond acceptors (Lipinski definition) is 3. The van der Waals surface area contributed by atoms with Crippen LogP contribution in [0.2, 0.25) is 10.0 Å². The second-order valence-electron chi connectivity index (χ2n) is 3.44. The zero-order chi connectivity index (χ0) is 12.4. The van der Waals surface area contributed by atoms with Crippen molar-refractivity contribution in [3.63, 3.8) is 0 Å². The molecule has 0 aromatic heterocycles. The Hall–Kier alpha value is -1.58. The molecule has 17 heavy (non-hydrogen) atoms. The highest BCUT2D eigenvalue weighted by Crippen LogP contribution is 2.36. The molecule has 0 radical (unpaired) electrons. The van der Waals surface area contributed by atoms with Crippen molar-refractivity contribution in [2.24, 2.45) is 0 Å². The van der Waals surface area contributed by atoms with E-state index in [-0.39, 0.29) is 0 Å². The van der Waals surface area contributed by atoms with Gasteiger partial charge in [0, 0.05) is 5.02 Å². The molecule has 5 heteroatoms. The van der Waals surface area contributed by atoms with Crippen molar-refractivity contribution in [2.45, 2.75) is 0 Å². The standard InChI is InChI=1S/C12H10Cl2N2O/c13-7-1-3-8(4-2-7)17-10-6-5-9(15)12(16)11(10)14/h1-6H,15-16H2. The van der Waals surface area contributed by atoms with Crippen LogP contribution in [-0.2, 0) is 0 Å². The maximum atomic E-state index is 6.02. The number of halogens is 2. The van der Waals surface area contributed by atoms with Crippen molar-refractivity contribution >= 4 is 34.6 Å². The highest BCUT2D eigenvalue weighted by Gasteiger charge is 2.09. The molecule has 0 aliphatic heterocycles. The van der Waals surface area contributed by atoms with Gasteiger partial charge in [0.25, 0.3) is 0 Å². The minimum absolute atomic E-state index is 0.306. The van der Waals surface area contributed by atoms with Gasteiger partial charge in [-0.1, -0.05) is 23.2 Å². The second-order valence-corrected chi connectivity index (χ2v) is 4.25. The van der Waals surface area contributed by atoms with Gasteiger partial charge >= 0.3 is 0 Å². The van der Waals surface area contributed by atoms with Crippen LogP contribution in [0.1, 0.15) is 0 Å². The second kappa shape index (κ2) is 4.73. The Kier molecular flexibility index (Phi) is 3.31. The molecule has 0 saturated heterocycles. The van der Waals surface area contributed by atoms with E-state index in [1.54, 1.807) is 36.4 Å². The van der Waals surface area contributed by atoms with E-state index >= 15 is 0 Å². The van der Waals surface area contributed by atoms with Crippen LogP contribution in [-0.4, -0.2) is 0 Å². The first kappa shape index (κ1) is 11.9. The Morgan fingerprint density at radius 1 is 0.882 bits per heavy atom. The third-order valence-corrected chi connectivity index (χ3v) is 2.86. The summed E-state index contributed by atoms with van der Waals surface area (Å²) >= 11 is 11.8. The van der Waals surface area contributed by atoms with Gasteiger partial charge in [0.05, 0.1) is 11.4 Å². The summed E-state index contributed by atoms with van der Waals surface area (Å²) in [5, 5.41) is 0.945. The normalized spacial score (nSPS) is 10.2. The Labute approximate surface area is 109 Å². The number of benzene rings is 2. The topological polar surface area (TPSA) is 61.3 Å². The summed E-state index contributed by atoms with van der Waals surface area (Å²) in [5.41, 5.74) is 12.1. The third-order valence-electron chi connectivity index (χ3n) is 2.22. The molecule has 0 unspecified atom stereocenters. The lowest BCUT2D eigenvalue weighted by Gasteiger charge is -2.10. The van der Waals surface area contributed by atoms with E-state index in [2.05, 4.69) is 0 Å². The van der Waals surface area contributed by atoms with E-state index in [0.29, 0.717) is 32.9 Å². The average Bonchev–Trinajstić information content (AvgIpc) is 2.33. The fourth-order valence-corrected chi connectivity index (χ4v) is 1.63. The van der Waals surface area contributed by atoms with Crippen LogP contribution in [0.15, 0.2) is 36.4 Å². The maximum Gasteiger partial charge on any atom is 0.148 e. The van der Waals surface area contributed by atoms with E-state index in [1.165, 1.54) is 0 Å². The number of nitrogens with two attached hydrogens (primary N) is 2. The first-order valence-electron chi connectivity index (χ1n) is 4.85. The number of nitrogen functional groups attached to an aromatic ring is 2. The number of ether oxygens (including phenoxy) is 1. The molecule has 3 nitrogen and oxygen atoms in total. The Bertz CT molecular complexity index is 541. The molecule has 0 aliphatic carbocycles. The van der Waals surface area contributed by atoms with Crippen LogP contribution in [0.25, 0.3) is 0 Å². The minimum Gasteiger partial charge on any atom is -0.456 e. The largest absolute Gasteiger partial charge is 0.456 e. The van der Waals surface area contributed by atoms with Gasteiger partial charge in [0.15, 0.2) is 0 Å². The van der Waals surface area contributed by atoms with Crippen molar-refractivity contribution < 1.29 is 4.74 Å². The molecule has 0 atom stereocenters. The quantitative estimate of drug-likeness (QED) is 0.811. The highest BCUT2D eigenvalue weighted by molar-refractivity contribution is 6.35. The molecule has 2 aromatic rings. The Balaban J connectivity index is 2.30. The van der Waals surface area contributed by atoms with E-state index in [9.17, 15) is 0 Å². The smallest absolute Gasteiger partial charge is 0.148 e. The predicted octanol–water partition coefficient (Wildman–Crippen LogP) is 3.95. The maximum absolute atomic E-state index is 6.02. The van der Waals surface area contributed by atoms with Crippen LogP contribution in [0.4, 0.5) is 11.4 Å². The van der Waals surface area contributed by atoms with E-state index in [0.717, 1.165) is 0 Å². The molecule has 0 saturated carbocycles. The van der Waals surface area contributed by atoms with Crippen molar-refractivity contribution in [1.82, 2.24) is 0 Å². The summed E-state index contributed by atoms with van der Waals surface area (Å²) in [6, 6.07) is 10.3. The van der Waals surface area contributed by atoms with Gasteiger partial charge in [-0.2, -0.15) is 0 Å². The molecule has 88 valence electrons. The molecule has 0 spiro atoms. The molecule has 0 fully saturated rings. The van der Waals surface area contributed by atoms with Gasteiger partial charge < -0.3 is 16.2 Å². The minimum atomic E-state index is 0.306. The average molecular weight is 269 g/mol. The summed E-state index contributed by atoms with van der Waals surface area (Å²) in [5.74, 6) is 1.08. The molecule has 2 rings (SSSR count). The van der Waals surface area contributed by atoms with Crippen molar-refractivity contribution in [1.29, 1.82) is 0 Å². The third kappa shape index (κ3) is 2.57. The van der Waals surface area contributed by atoms with Crippen molar-refractivity contribution in [2.75, 3.05) is 11.5 Å². The van der Waals surface area contributed by atoms with Crippen molar-refractivity contribution in [3.8, 4) is 11.5 Å². The summed E-state index contributed by atoms with van der Waals surface area (Å²) in [4.78, 5) is 0. The molecule has 0 bridgehead atoms. The van der Waals surface area contributed by atoms with Gasteiger partial charge in [0.2, 0.25) is 0 Å². The first-order chi connectivity index (χ1) is 8.08. The summed E-state index contributed by atoms with van der Waals surface area (Å²) < 4.78 is 5.57. The zero-order valence-corrected chi connectivity index (χ0v) is 10.3. The molecular formula is C12H10Cl2N2O. The summed E-state index contributed by atoms with van der Waals surface area (Å²) in [6.07, 6.45) is 0. The Morgan fingerprint density at radius 2 is 1.53 bits per heavy atom.